The number of rotatable bonds is 4. The molecule has 0 radical (unpaired) electrons. The van der Waals surface area contributed by atoms with E-state index in [-0.39, 0.29) is 39.0 Å². The number of nitrogens with zero attached hydrogens (tertiary/aromatic N) is 4. The summed E-state index contributed by atoms with van der Waals surface area (Å²) in [6, 6.07) is 3.20. The second-order valence-corrected chi connectivity index (χ2v) is 8.24. The van der Waals surface area contributed by atoms with E-state index >= 15 is 0 Å². The zero-order valence-electron chi connectivity index (χ0n) is 15.5. The fourth-order valence-electron chi connectivity index (χ4n) is 2.67. The van der Waals surface area contributed by atoms with Gasteiger partial charge in [-0.2, -0.15) is 13.2 Å². The molecular weight excluding hydrogens is 413 g/mol. The predicted molar refractivity (Wildman–Crippen MR) is 95.8 cm³/mol. The summed E-state index contributed by atoms with van der Waals surface area (Å²) in [5, 5.41) is 0. The Balaban J connectivity index is 2.32. The second-order valence-electron chi connectivity index (χ2n) is 6.00. The molecule has 0 aliphatic rings. The van der Waals surface area contributed by atoms with Crippen molar-refractivity contribution in [2.75, 3.05) is 12.9 Å². The number of imidazole rings is 1. The van der Waals surface area contributed by atoms with E-state index in [0.717, 1.165) is 13.2 Å². The molecule has 0 aliphatic heterocycles. The first-order valence-corrected chi connectivity index (χ1v) is 9.87. The summed E-state index contributed by atoms with van der Waals surface area (Å²) in [5.41, 5.74) is -1.34. The van der Waals surface area contributed by atoms with Gasteiger partial charge in [0.05, 0.1) is 23.3 Å². The van der Waals surface area contributed by atoms with Crippen LogP contribution in [0.5, 0.6) is 0 Å². The first kappa shape index (κ1) is 20.7. The van der Waals surface area contributed by atoms with Gasteiger partial charge in [-0.25, -0.2) is 28.2 Å². The highest BCUT2D eigenvalue weighted by Gasteiger charge is 2.32. The number of pyridine rings is 2. The standard InChI is InChI=1S/C17H15F3N4O4S/c1-4-29(26,27)12-6-5-10(16(25)28-3)22-13(12)15-23-11-7-9(17(18,19)20)8-21-14(11)24(15)2/h5-8H,4H2,1-3H3. The minimum atomic E-state index is -4.61. The van der Waals surface area contributed by atoms with E-state index < -0.39 is 27.5 Å². The topological polar surface area (TPSA) is 104 Å². The van der Waals surface area contributed by atoms with Crippen molar-refractivity contribution in [2.45, 2.75) is 18.0 Å². The minimum absolute atomic E-state index is 0.0513. The van der Waals surface area contributed by atoms with Gasteiger partial charge in [0, 0.05) is 13.2 Å². The molecule has 0 saturated carbocycles. The van der Waals surface area contributed by atoms with Crippen molar-refractivity contribution in [3.8, 4) is 11.5 Å². The Morgan fingerprint density at radius 1 is 1.24 bits per heavy atom. The summed E-state index contributed by atoms with van der Waals surface area (Å²) in [6.45, 7) is 1.43. The third-order valence-corrected chi connectivity index (χ3v) is 5.98. The number of hydrogen-bond donors (Lipinski definition) is 0. The molecule has 3 rings (SSSR count). The zero-order chi connectivity index (χ0) is 21.6. The fraction of sp³-hybridized carbons (Fsp3) is 0.294. The Kier molecular flexibility index (Phi) is 5.07. The molecule has 0 bridgehead atoms. The van der Waals surface area contributed by atoms with Crippen molar-refractivity contribution in [1.82, 2.24) is 19.5 Å². The van der Waals surface area contributed by atoms with E-state index in [9.17, 15) is 26.4 Å². The molecule has 0 saturated heterocycles. The van der Waals surface area contributed by atoms with E-state index in [1.54, 1.807) is 0 Å². The molecular formula is C17H15F3N4O4S. The number of carbonyl (C=O) groups is 1. The molecule has 0 amide bonds. The molecule has 154 valence electrons. The van der Waals surface area contributed by atoms with Crippen molar-refractivity contribution in [1.29, 1.82) is 0 Å². The van der Waals surface area contributed by atoms with Crippen molar-refractivity contribution in [3.63, 3.8) is 0 Å². The quantitative estimate of drug-likeness (QED) is 0.589. The van der Waals surface area contributed by atoms with Crippen LogP contribution in [0.2, 0.25) is 0 Å². The average Bonchev–Trinajstić information content (AvgIpc) is 3.02. The van der Waals surface area contributed by atoms with Gasteiger partial charge in [-0.15, -0.1) is 0 Å². The summed E-state index contributed by atoms with van der Waals surface area (Å²) in [5.74, 6) is -1.10. The van der Waals surface area contributed by atoms with Crippen LogP contribution in [0.1, 0.15) is 23.0 Å². The Bertz CT molecular complexity index is 1220. The summed E-state index contributed by atoms with van der Waals surface area (Å²) in [4.78, 5) is 23.6. The lowest BCUT2D eigenvalue weighted by atomic mass is 10.2. The summed E-state index contributed by atoms with van der Waals surface area (Å²) in [7, 11) is -1.19. The number of halogens is 3. The van der Waals surface area contributed by atoms with Gasteiger partial charge >= 0.3 is 12.1 Å². The molecule has 29 heavy (non-hydrogen) atoms. The van der Waals surface area contributed by atoms with Gasteiger partial charge in [0.2, 0.25) is 0 Å². The zero-order valence-corrected chi connectivity index (χ0v) is 16.3. The average molecular weight is 428 g/mol. The van der Waals surface area contributed by atoms with Crippen LogP contribution in [0, 0.1) is 0 Å². The molecule has 0 spiro atoms. The Morgan fingerprint density at radius 2 is 1.93 bits per heavy atom. The number of fused-ring (bicyclic) bond motifs is 1. The second kappa shape index (κ2) is 7.10. The van der Waals surface area contributed by atoms with Gasteiger partial charge in [-0.05, 0) is 18.2 Å². The normalized spacial score (nSPS) is 12.3. The van der Waals surface area contributed by atoms with Crippen molar-refractivity contribution < 1.29 is 31.1 Å². The molecule has 0 atom stereocenters. The molecule has 12 heteroatoms. The largest absolute Gasteiger partial charge is 0.464 e. The number of hydrogen-bond acceptors (Lipinski definition) is 7. The number of alkyl halides is 3. The Labute approximate surface area is 163 Å². The molecule has 8 nitrogen and oxygen atoms in total. The summed E-state index contributed by atoms with van der Waals surface area (Å²) < 4.78 is 69.8. The highest BCUT2D eigenvalue weighted by atomic mass is 32.2. The highest BCUT2D eigenvalue weighted by molar-refractivity contribution is 7.91. The van der Waals surface area contributed by atoms with E-state index in [2.05, 4.69) is 19.7 Å². The van der Waals surface area contributed by atoms with Crippen LogP contribution >= 0.6 is 0 Å². The number of aromatic nitrogens is 4. The molecule has 0 aliphatic carbocycles. The van der Waals surface area contributed by atoms with Gasteiger partial charge in [0.25, 0.3) is 0 Å². The predicted octanol–water partition coefficient (Wildman–Crippen LogP) is 2.63. The van der Waals surface area contributed by atoms with Gasteiger partial charge in [-0.3, -0.25) is 0 Å². The Morgan fingerprint density at radius 3 is 2.52 bits per heavy atom. The number of ether oxygens (including phenoxy) is 1. The molecule has 3 aromatic heterocycles. The third kappa shape index (κ3) is 3.67. The van der Waals surface area contributed by atoms with Gasteiger partial charge in [-0.1, -0.05) is 6.92 Å². The molecule has 3 heterocycles. The maximum Gasteiger partial charge on any atom is 0.417 e. The van der Waals surface area contributed by atoms with Crippen molar-refractivity contribution in [2.24, 2.45) is 7.05 Å². The lowest BCUT2D eigenvalue weighted by Gasteiger charge is -2.10. The smallest absolute Gasteiger partial charge is 0.417 e. The molecule has 0 aromatic carbocycles. The number of aryl methyl sites for hydroxylation is 1. The van der Waals surface area contributed by atoms with Gasteiger partial charge in [0.15, 0.2) is 21.3 Å². The molecule has 3 aromatic rings. The lowest BCUT2D eigenvalue weighted by Crippen LogP contribution is -2.12. The van der Waals surface area contributed by atoms with Crippen LogP contribution in [0.3, 0.4) is 0 Å². The maximum absolute atomic E-state index is 13.0. The third-order valence-electron chi connectivity index (χ3n) is 4.22. The number of methoxy groups -OCH3 is 1. The van der Waals surface area contributed by atoms with Crippen LogP contribution in [0.4, 0.5) is 13.2 Å². The molecule has 0 N–H and O–H groups in total. The van der Waals surface area contributed by atoms with Crippen LogP contribution < -0.4 is 0 Å². The van der Waals surface area contributed by atoms with Crippen molar-refractivity contribution in [3.05, 3.63) is 35.7 Å². The van der Waals surface area contributed by atoms with E-state index in [0.29, 0.717) is 6.20 Å². The van der Waals surface area contributed by atoms with Crippen LogP contribution in [-0.2, 0) is 27.8 Å². The van der Waals surface area contributed by atoms with Crippen LogP contribution in [0.15, 0.2) is 29.3 Å². The summed E-state index contributed by atoms with van der Waals surface area (Å²) >= 11 is 0. The minimum Gasteiger partial charge on any atom is -0.464 e. The van der Waals surface area contributed by atoms with E-state index in [1.807, 2.05) is 0 Å². The summed E-state index contributed by atoms with van der Waals surface area (Å²) in [6.07, 6.45) is -3.95. The lowest BCUT2D eigenvalue weighted by molar-refractivity contribution is -0.137. The number of esters is 1. The molecule has 0 unspecified atom stereocenters. The first-order valence-electron chi connectivity index (χ1n) is 8.21. The fourth-order valence-corrected chi connectivity index (χ4v) is 3.69. The first-order chi connectivity index (χ1) is 13.5. The number of carbonyl (C=O) groups excluding carboxylic acids is 1. The Hall–Kier alpha value is -3.02. The molecule has 0 fully saturated rings. The van der Waals surface area contributed by atoms with E-state index in [4.69, 9.17) is 0 Å². The van der Waals surface area contributed by atoms with Gasteiger partial charge in [0.1, 0.15) is 16.9 Å². The number of sulfone groups is 1. The van der Waals surface area contributed by atoms with Crippen molar-refractivity contribution >= 4 is 27.0 Å². The van der Waals surface area contributed by atoms with E-state index in [1.165, 1.54) is 30.7 Å². The monoisotopic (exact) mass is 428 g/mol. The maximum atomic E-state index is 13.0. The van der Waals surface area contributed by atoms with Crippen LogP contribution in [-0.4, -0.2) is 46.8 Å². The SMILES string of the molecule is CCS(=O)(=O)c1ccc(C(=O)OC)nc1-c1nc2cc(C(F)(F)F)cnc2n1C. The van der Waals surface area contributed by atoms with Crippen LogP contribution in [0.25, 0.3) is 22.7 Å². The van der Waals surface area contributed by atoms with Gasteiger partial charge < -0.3 is 9.30 Å². The highest BCUT2D eigenvalue weighted by Crippen LogP contribution is 2.32.